The summed E-state index contributed by atoms with van der Waals surface area (Å²) in [4.78, 5) is 0. The summed E-state index contributed by atoms with van der Waals surface area (Å²) in [6.45, 7) is 2.00. The Bertz CT molecular complexity index is 513. The van der Waals surface area contributed by atoms with Crippen LogP contribution in [0.5, 0.6) is 5.75 Å². The molecule has 3 heteroatoms. The van der Waals surface area contributed by atoms with Crippen molar-refractivity contribution >= 4 is 5.69 Å². The molecule has 0 bridgehead atoms. The highest BCUT2D eigenvalue weighted by Gasteiger charge is 2.08. The SMILES string of the molecule is COc1ccc(NC(C)c2ccccc2)c(F)c1. The average molecular weight is 245 g/mol. The predicted molar refractivity (Wildman–Crippen MR) is 71.4 cm³/mol. The maximum absolute atomic E-state index is 13.8. The fraction of sp³-hybridized carbons (Fsp3) is 0.200. The molecule has 0 aliphatic heterocycles. The molecule has 0 amide bonds. The molecule has 2 aromatic rings. The smallest absolute Gasteiger partial charge is 0.149 e. The molecular weight excluding hydrogens is 229 g/mol. The summed E-state index contributed by atoms with van der Waals surface area (Å²) in [7, 11) is 1.52. The zero-order valence-electron chi connectivity index (χ0n) is 10.5. The summed E-state index contributed by atoms with van der Waals surface area (Å²) in [6, 6.07) is 14.8. The topological polar surface area (TPSA) is 21.3 Å². The van der Waals surface area contributed by atoms with Gasteiger partial charge >= 0.3 is 0 Å². The molecule has 0 aliphatic rings. The summed E-state index contributed by atoms with van der Waals surface area (Å²) < 4.78 is 18.7. The second-order valence-electron chi connectivity index (χ2n) is 4.12. The lowest BCUT2D eigenvalue weighted by Crippen LogP contribution is -2.07. The molecule has 2 nitrogen and oxygen atoms in total. The van der Waals surface area contributed by atoms with Crippen LogP contribution in [0.2, 0.25) is 0 Å². The van der Waals surface area contributed by atoms with Crippen LogP contribution in [0.1, 0.15) is 18.5 Å². The van der Waals surface area contributed by atoms with Gasteiger partial charge in [0.2, 0.25) is 0 Å². The third-order valence-corrected chi connectivity index (χ3v) is 2.85. The molecule has 18 heavy (non-hydrogen) atoms. The lowest BCUT2D eigenvalue weighted by Gasteiger charge is -2.16. The summed E-state index contributed by atoms with van der Waals surface area (Å²) in [5, 5.41) is 3.15. The molecule has 2 rings (SSSR count). The lowest BCUT2D eigenvalue weighted by atomic mass is 10.1. The molecule has 1 N–H and O–H groups in total. The number of rotatable bonds is 4. The Morgan fingerprint density at radius 2 is 1.83 bits per heavy atom. The molecule has 0 heterocycles. The van der Waals surface area contributed by atoms with Crippen LogP contribution in [0.4, 0.5) is 10.1 Å². The van der Waals surface area contributed by atoms with Crippen LogP contribution in [0.25, 0.3) is 0 Å². The number of methoxy groups -OCH3 is 1. The van der Waals surface area contributed by atoms with E-state index >= 15 is 0 Å². The number of benzene rings is 2. The van der Waals surface area contributed by atoms with Gasteiger partial charge in [-0.1, -0.05) is 30.3 Å². The van der Waals surface area contributed by atoms with Gasteiger partial charge in [0, 0.05) is 12.1 Å². The van der Waals surface area contributed by atoms with Crippen LogP contribution in [-0.4, -0.2) is 7.11 Å². The minimum absolute atomic E-state index is 0.0501. The average Bonchev–Trinajstić information content (AvgIpc) is 2.42. The number of nitrogens with one attached hydrogen (secondary N) is 1. The molecular formula is C15H16FNO. The number of anilines is 1. The highest BCUT2D eigenvalue weighted by molar-refractivity contribution is 5.49. The molecule has 1 unspecified atom stereocenters. The first-order valence-electron chi connectivity index (χ1n) is 5.85. The minimum Gasteiger partial charge on any atom is -0.497 e. The Morgan fingerprint density at radius 1 is 1.11 bits per heavy atom. The summed E-state index contributed by atoms with van der Waals surface area (Å²) in [5.74, 6) is 0.211. The zero-order chi connectivity index (χ0) is 13.0. The van der Waals surface area contributed by atoms with Crippen LogP contribution < -0.4 is 10.1 Å². The van der Waals surface area contributed by atoms with Crippen LogP contribution in [-0.2, 0) is 0 Å². The third kappa shape index (κ3) is 2.80. The Kier molecular flexibility index (Phi) is 3.82. The first-order valence-corrected chi connectivity index (χ1v) is 5.85. The second-order valence-corrected chi connectivity index (χ2v) is 4.12. The minimum atomic E-state index is -0.308. The number of hydrogen-bond donors (Lipinski definition) is 1. The molecule has 0 spiro atoms. The largest absolute Gasteiger partial charge is 0.497 e. The molecule has 0 saturated heterocycles. The standard InChI is InChI=1S/C15H16FNO/c1-11(12-6-4-3-5-7-12)17-15-9-8-13(18-2)10-14(15)16/h3-11,17H,1-2H3. The Morgan fingerprint density at radius 3 is 2.44 bits per heavy atom. The highest BCUT2D eigenvalue weighted by Crippen LogP contribution is 2.24. The number of ether oxygens (including phenoxy) is 1. The second kappa shape index (κ2) is 5.54. The molecule has 0 aliphatic carbocycles. The normalized spacial score (nSPS) is 11.9. The van der Waals surface area contributed by atoms with Crippen molar-refractivity contribution in [3.8, 4) is 5.75 Å². The fourth-order valence-corrected chi connectivity index (χ4v) is 1.80. The Hall–Kier alpha value is -2.03. The van der Waals surface area contributed by atoms with Gasteiger partial charge in [-0.2, -0.15) is 0 Å². The maximum atomic E-state index is 13.8. The van der Waals surface area contributed by atoms with Crippen molar-refractivity contribution < 1.29 is 9.13 Å². The molecule has 2 aromatic carbocycles. The van der Waals surface area contributed by atoms with E-state index in [0.29, 0.717) is 11.4 Å². The van der Waals surface area contributed by atoms with Gasteiger partial charge in [0.05, 0.1) is 12.8 Å². The zero-order valence-corrected chi connectivity index (χ0v) is 10.5. The van der Waals surface area contributed by atoms with Gasteiger partial charge in [-0.05, 0) is 24.6 Å². The molecule has 1 atom stereocenters. The first kappa shape index (κ1) is 12.4. The van der Waals surface area contributed by atoms with Crippen LogP contribution >= 0.6 is 0 Å². The van der Waals surface area contributed by atoms with E-state index in [1.165, 1.54) is 13.2 Å². The summed E-state index contributed by atoms with van der Waals surface area (Å²) >= 11 is 0. The van der Waals surface area contributed by atoms with Crippen molar-refractivity contribution in [2.24, 2.45) is 0 Å². The van der Waals surface area contributed by atoms with Gasteiger partial charge in [-0.3, -0.25) is 0 Å². The number of hydrogen-bond acceptors (Lipinski definition) is 2. The first-order chi connectivity index (χ1) is 8.70. The van der Waals surface area contributed by atoms with Gasteiger partial charge < -0.3 is 10.1 Å². The van der Waals surface area contributed by atoms with E-state index in [1.54, 1.807) is 12.1 Å². The van der Waals surface area contributed by atoms with Gasteiger partial charge in [-0.15, -0.1) is 0 Å². The van der Waals surface area contributed by atoms with E-state index < -0.39 is 0 Å². The third-order valence-electron chi connectivity index (χ3n) is 2.85. The van der Waals surface area contributed by atoms with Crippen LogP contribution in [0.3, 0.4) is 0 Å². The number of halogens is 1. The monoisotopic (exact) mass is 245 g/mol. The van der Waals surface area contributed by atoms with E-state index in [-0.39, 0.29) is 11.9 Å². The molecule has 0 saturated carbocycles. The van der Waals surface area contributed by atoms with E-state index in [0.717, 1.165) is 5.56 Å². The molecule has 0 radical (unpaired) electrons. The van der Waals surface area contributed by atoms with Crippen molar-refractivity contribution in [2.45, 2.75) is 13.0 Å². The van der Waals surface area contributed by atoms with Gasteiger partial charge in [0.1, 0.15) is 11.6 Å². The molecule has 0 fully saturated rings. The molecule has 0 aromatic heterocycles. The highest BCUT2D eigenvalue weighted by atomic mass is 19.1. The van der Waals surface area contributed by atoms with Crippen molar-refractivity contribution in [1.82, 2.24) is 0 Å². The predicted octanol–water partition coefficient (Wildman–Crippen LogP) is 4.01. The van der Waals surface area contributed by atoms with E-state index in [4.69, 9.17) is 4.74 Å². The van der Waals surface area contributed by atoms with Crippen molar-refractivity contribution in [2.75, 3.05) is 12.4 Å². The van der Waals surface area contributed by atoms with Crippen molar-refractivity contribution in [3.63, 3.8) is 0 Å². The fourth-order valence-electron chi connectivity index (χ4n) is 1.80. The summed E-state index contributed by atoms with van der Waals surface area (Å²) in [5.41, 5.74) is 1.60. The molecule has 94 valence electrons. The van der Waals surface area contributed by atoms with Gasteiger partial charge in [0.25, 0.3) is 0 Å². The Labute approximate surface area is 106 Å². The van der Waals surface area contributed by atoms with Gasteiger partial charge in [0.15, 0.2) is 0 Å². The lowest BCUT2D eigenvalue weighted by molar-refractivity contribution is 0.411. The maximum Gasteiger partial charge on any atom is 0.149 e. The van der Waals surface area contributed by atoms with E-state index in [2.05, 4.69) is 5.32 Å². The van der Waals surface area contributed by atoms with Crippen molar-refractivity contribution in [3.05, 3.63) is 59.9 Å². The Balaban J connectivity index is 2.14. The quantitative estimate of drug-likeness (QED) is 0.878. The van der Waals surface area contributed by atoms with E-state index in [9.17, 15) is 4.39 Å². The van der Waals surface area contributed by atoms with Gasteiger partial charge in [-0.25, -0.2) is 4.39 Å². The van der Waals surface area contributed by atoms with E-state index in [1.807, 2.05) is 37.3 Å². The van der Waals surface area contributed by atoms with Crippen LogP contribution in [0, 0.1) is 5.82 Å². The van der Waals surface area contributed by atoms with Crippen molar-refractivity contribution in [1.29, 1.82) is 0 Å². The van der Waals surface area contributed by atoms with Crippen LogP contribution in [0.15, 0.2) is 48.5 Å². The summed E-state index contributed by atoms with van der Waals surface area (Å²) in [6.07, 6.45) is 0.